The molecule has 0 N–H and O–H groups in total. The summed E-state index contributed by atoms with van der Waals surface area (Å²) in [5, 5.41) is 0.954. The molecule has 1 atom stereocenters. The summed E-state index contributed by atoms with van der Waals surface area (Å²) in [6, 6.07) is 0. The van der Waals surface area contributed by atoms with Crippen LogP contribution in [0.25, 0.3) is 0 Å². The van der Waals surface area contributed by atoms with E-state index in [4.69, 9.17) is 0 Å². The third kappa shape index (κ3) is 4.89. The van der Waals surface area contributed by atoms with Gasteiger partial charge in [-0.3, -0.25) is 0 Å². The molecule has 1 unspecified atom stereocenters. The maximum Gasteiger partial charge on any atom is 0.441 e. The van der Waals surface area contributed by atoms with Crippen molar-refractivity contribution in [3.63, 3.8) is 0 Å². The van der Waals surface area contributed by atoms with Crippen molar-refractivity contribution in [1.82, 2.24) is 4.90 Å². The number of thioether (sulfide) groups is 1. The SMILES string of the molecule is FC(F)(F)SCCN1CCC(CBr)C1. The van der Waals surface area contributed by atoms with Gasteiger partial charge in [0.2, 0.25) is 0 Å². The lowest BCUT2D eigenvalue weighted by Crippen LogP contribution is -2.24. The van der Waals surface area contributed by atoms with Gasteiger partial charge in [0.05, 0.1) is 0 Å². The molecule has 1 fully saturated rings. The predicted octanol–water partition coefficient (Wildman–Crippen LogP) is 2.96. The number of alkyl halides is 4. The molecule has 0 aromatic heterocycles. The lowest BCUT2D eigenvalue weighted by Gasteiger charge is -2.15. The number of rotatable bonds is 4. The molecule has 0 spiro atoms. The molecule has 1 rings (SSSR count). The van der Waals surface area contributed by atoms with E-state index in [9.17, 15) is 13.2 Å². The van der Waals surface area contributed by atoms with Crippen LogP contribution in [0.5, 0.6) is 0 Å². The van der Waals surface area contributed by atoms with E-state index in [-0.39, 0.29) is 17.5 Å². The molecule has 0 aromatic carbocycles. The standard InChI is InChI=1S/C8H13BrF3NS/c9-5-7-1-2-13(6-7)3-4-14-8(10,11)12/h7H,1-6H2. The molecule has 0 aliphatic carbocycles. The second-order valence-electron chi connectivity index (χ2n) is 3.40. The van der Waals surface area contributed by atoms with Gasteiger partial charge in [-0.2, -0.15) is 13.2 Å². The smallest absolute Gasteiger partial charge is 0.302 e. The second kappa shape index (κ2) is 5.61. The van der Waals surface area contributed by atoms with E-state index in [0.717, 1.165) is 24.8 Å². The van der Waals surface area contributed by atoms with E-state index in [1.54, 1.807) is 0 Å². The van der Waals surface area contributed by atoms with Crippen LogP contribution in [0, 0.1) is 5.92 Å². The highest BCUT2D eigenvalue weighted by atomic mass is 79.9. The van der Waals surface area contributed by atoms with E-state index in [1.807, 2.05) is 0 Å². The molecule has 1 heterocycles. The summed E-state index contributed by atoms with van der Waals surface area (Å²) < 4.78 is 35.4. The van der Waals surface area contributed by atoms with Crippen LogP contribution in [0.3, 0.4) is 0 Å². The van der Waals surface area contributed by atoms with Crippen molar-refractivity contribution in [3.05, 3.63) is 0 Å². The normalized spacial score (nSPS) is 24.4. The van der Waals surface area contributed by atoms with E-state index in [2.05, 4.69) is 20.8 Å². The van der Waals surface area contributed by atoms with Gasteiger partial charge in [0.15, 0.2) is 0 Å². The van der Waals surface area contributed by atoms with Gasteiger partial charge in [0.1, 0.15) is 0 Å². The second-order valence-corrected chi connectivity index (χ2v) is 5.21. The zero-order valence-electron chi connectivity index (χ0n) is 7.69. The zero-order chi connectivity index (χ0) is 10.6. The first-order valence-corrected chi connectivity index (χ1v) is 6.61. The minimum atomic E-state index is -4.07. The Labute approximate surface area is 94.5 Å². The molecule has 84 valence electrons. The first kappa shape index (κ1) is 12.6. The molecule has 1 nitrogen and oxygen atoms in total. The van der Waals surface area contributed by atoms with E-state index in [1.165, 1.54) is 0 Å². The van der Waals surface area contributed by atoms with E-state index >= 15 is 0 Å². The lowest BCUT2D eigenvalue weighted by molar-refractivity contribution is -0.0328. The van der Waals surface area contributed by atoms with Gasteiger partial charge in [-0.05, 0) is 30.6 Å². The van der Waals surface area contributed by atoms with Crippen LogP contribution >= 0.6 is 27.7 Å². The third-order valence-electron chi connectivity index (χ3n) is 2.26. The van der Waals surface area contributed by atoms with Crippen molar-refractivity contribution in [1.29, 1.82) is 0 Å². The molecule has 0 radical (unpaired) electrons. The van der Waals surface area contributed by atoms with Gasteiger partial charge in [0, 0.05) is 24.2 Å². The number of hydrogen-bond donors (Lipinski definition) is 0. The summed E-state index contributed by atoms with van der Waals surface area (Å²) in [4.78, 5) is 2.10. The van der Waals surface area contributed by atoms with Crippen molar-refractivity contribution in [2.75, 3.05) is 30.7 Å². The molecule has 1 aliphatic rings. The molecular formula is C8H13BrF3NS. The summed E-state index contributed by atoms with van der Waals surface area (Å²) in [6.07, 6.45) is 1.10. The molecule has 6 heteroatoms. The Balaban J connectivity index is 2.09. The summed E-state index contributed by atoms with van der Waals surface area (Å²) in [6.45, 7) is 2.42. The summed E-state index contributed by atoms with van der Waals surface area (Å²) in [7, 11) is 0. The fourth-order valence-corrected chi connectivity index (χ4v) is 2.64. The van der Waals surface area contributed by atoms with Gasteiger partial charge in [-0.1, -0.05) is 15.9 Å². The van der Waals surface area contributed by atoms with Gasteiger partial charge >= 0.3 is 5.51 Å². The van der Waals surface area contributed by atoms with E-state index in [0.29, 0.717) is 12.5 Å². The number of hydrogen-bond acceptors (Lipinski definition) is 2. The maximum atomic E-state index is 11.8. The number of nitrogens with zero attached hydrogens (tertiary/aromatic N) is 1. The number of likely N-dealkylation sites (tertiary alicyclic amines) is 1. The first-order chi connectivity index (χ1) is 6.51. The molecule has 0 bridgehead atoms. The summed E-state index contributed by atoms with van der Waals surface area (Å²) >= 11 is 3.47. The van der Waals surface area contributed by atoms with Crippen molar-refractivity contribution >= 4 is 27.7 Å². The van der Waals surface area contributed by atoms with Crippen molar-refractivity contribution in [3.8, 4) is 0 Å². The van der Waals surface area contributed by atoms with Gasteiger partial charge in [0.25, 0.3) is 0 Å². The Morgan fingerprint density at radius 2 is 2.14 bits per heavy atom. The van der Waals surface area contributed by atoms with Crippen molar-refractivity contribution < 1.29 is 13.2 Å². The Bertz CT molecular complexity index is 176. The minimum Gasteiger partial charge on any atom is -0.302 e. The fourth-order valence-electron chi connectivity index (χ4n) is 1.53. The van der Waals surface area contributed by atoms with Crippen LogP contribution in [0.4, 0.5) is 13.2 Å². The van der Waals surface area contributed by atoms with Gasteiger partial charge in [-0.15, -0.1) is 0 Å². The third-order valence-corrected chi connectivity index (χ3v) is 3.89. The van der Waals surface area contributed by atoms with Crippen LogP contribution in [0.2, 0.25) is 0 Å². The highest BCUT2D eigenvalue weighted by Crippen LogP contribution is 2.30. The van der Waals surface area contributed by atoms with E-state index < -0.39 is 5.51 Å². The number of halogens is 4. The van der Waals surface area contributed by atoms with Gasteiger partial charge < -0.3 is 4.90 Å². The molecule has 0 amide bonds. The molecule has 1 aliphatic heterocycles. The Morgan fingerprint density at radius 1 is 1.43 bits per heavy atom. The van der Waals surface area contributed by atoms with Crippen LogP contribution < -0.4 is 0 Å². The largest absolute Gasteiger partial charge is 0.441 e. The summed E-state index contributed by atoms with van der Waals surface area (Å²) in [5.41, 5.74) is -4.07. The van der Waals surface area contributed by atoms with Crippen molar-refractivity contribution in [2.24, 2.45) is 5.92 Å². The molecular weight excluding hydrogens is 279 g/mol. The average molecular weight is 292 g/mol. The predicted molar refractivity (Wildman–Crippen MR) is 56.9 cm³/mol. The van der Waals surface area contributed by atoms with Crippen molar-refractivity contribution in [2.45, 2.75) is 11.9 Å². The van der Waals surface area contributed by atoms with Crippen LogP contribution in [-0.2, 0) is 0 Å². The monoisotopic (exact) mass is 291 g/mol. The highest BCUT2D eigenvalue weighted by Gasteiger charge is 2.28. The Morgan fingerprint density at radius 3 is 2.64 bits per heavy atom. The Hall–Kier alpha value is 0.580. The molecule has 1 saturated heterocycles. The molecule has 0 aromatic rings. The maximum absolute atomic E-state index is 11.8. The highest BCUT2D eigenvalue weighted by molar-refractivity contribution is 9.09. The van der Waals surface area contributed by atoms with Crippen LogP contribution in [0.1, 0.15) is 6.42 Å². The topological polar surface area (TPSA) is 3.24 Å². The zero-order valence-corrected chi connectivity index (χ0v) is 10.1. The quantitative estimate of drug-likeness (QED) is 0.733. The van der Waals surface area contributed by atoms with Crippen LogP contribution in [0.15, 0.2) is 0 Å². The average Bonchev–Trinajstić information content (AvgIpc) is 2.50. The lowest BCUT2D eigenvalue weighted by atomic mass is 10.2. The Kier molecular flexibility index (Phi) is 5.06. The van der Waals surface area contributed by atoms with Crippen LogP contribution in [-0.4, -0.2) is 41.1 Å². The minimum absolute atomic E-state index is 0.0759. The van der Waals surface area contributed by atoms with Gasteiger partial charge in [-0.25, -0.2) is 0 Å². The summed E-state index contributed by atoms with van der Waals surface area (Å²) in [5.74, 6) is 0.768. The first-order valence-electron chi connectivity index (χ1n) is 4.50. The fraction of sp³-hybridized carbons (Fsp3) is 1.00. The molecule has 0 saturated carbocycles. The molecule has 14 heavy (non-hydrogen) atoms.